The zero-order valence-electron chi connectivity index (χ0n) is 27.5. The molecule has 2 heteroatoms. The monoisotopic (exact) mass is 570 g/mol. The molecule has 1 aliphatic rings. The minimum atomic E-state index is -0.0943. The van der Waals surface area contributed by atoms with Crippen molar-refractivity contribution in [1.82, 2.24) is 0 Å². The fourth-order valence-corrected chi connectivity index (χ4v) is 7.21. The van der Waals surface area contributed by atoms with Gasteiger partial charge in [0.1, 0.15) is 11.6 Å². The van der Waals surface area contributed by atoms with E-state index in [2.05, 4.69) is 84.9 Å². The Morgan fingerprint density at radius 1 is 0.690 bits per heavy atom. The van der Waals surface area contributed by atoms with Crippen molar-refractivity contribution in [2.24, 2.45) is 11.3 Å². The predicted molar refractivity (Wildman–Crippen MR) is 179 cm³/mol. The van der Waals surface area contributed by atoms with Gasteiger partial charge in [-0.15, -0.1) is 0 Å². The van der Waals surface area contributed by atoms with Crippen LogP contribution in [0.1, 0.15) is 128 Å². The van der Waals surface area contributed by atoms with Crippen molar-refractivity contribution in [3.05, 3.63) is 76.6 Å². The van der Waals surface area contributed by atoms with Gasteiger partial charge in [-0.3, -0.25) is 0 Å². The van der Waals surface area contributed by atoms with Gasteiger partial charge in [-0.2, -0.15) is 0 Å². The summed E-state index contributed by atoms with van der Waals surface area (Å²) in [5, 5.41) is 0. The molecule has 1 fully saturated rings. The van der Waals surface area contributed by atoms with E-state index >= 15 is 4.39 Å². The SMILES string of the molecule is CCc1cc(-c2ccc(-c3ccc(C4CCC(C)CC4)cc3F)cc2CC)c(CC)cc1OCCC(CC)(CC)CC. The molecule has 0 spiro atoms. The van der Waals surface area contributed by atoms with Crippen molar-refractivity contribution < 1.29 is 9.13 Å². The van der Waals surface area contributed by atoms with E-state index in [0.29, 0.717) is 16.9 Å². The summed E-state index contributed by atoms with van der Waals surface area (Å²) in [6.07, 6.45) is 12.3. The largest absolute Gasteiger partial charge is 0.493 e. The number of aryl methyl sites for hydroxylation is 3. The highest BCUT2D eigenvalue weighted by atomic mass is 19.1. The van der Waals surface area contributed by atoms with E-state index in [4.69, 9.17) is 4.74 Å². The second-order valence-corrected chi connectivity index (χ2v) is 12.9. The summed E-state index contributed by atoms with van der Waals surface area (Å²) in [6.45, 7) is 16.7. The molecule has 4 rings (SSSR count). The Hall–Kier alpha value is -2.61. The van der Waals surface area contributed by atoms with Crippen LogP contribution in [0, 0.1) is 17.2 Å². The van der Waals surface area contributed by atoms with Crippen LogP contribution in [0.5, 0.6) is 5.75 Å². The molecule has 228 valence electrons. The minimum absolute atomic E-state index is 0.0943. The van der Waals surface area contributed by atoms with Crippen molar-refractivity contribution in [1.29, 1.82) is 0 Å². The van der Waals surface area contributed by atoms with Crippen LogP contribution < -0.4 is 4.74 Å². The molecule has 0 saturated heterocycles. The Morgan fingerprint density at radius 2 is 1.31 bits per heavy atom. The highest BCUT2D eigenvalue weighted by molar-refractivity contribution is 5.77. The Labute approximate surface area is 256 Å². The summed E-state index contributed by atoms with van der Waals surface area (Å²) < 4.78 is 22.0. The number of hydrogen-bond acceptors (Lipinski definition) is 1. The van der Waals surface area contributed by atoms with Gasteiger partial charge in [0.2, 0.25) is 0 Å². The van der Waals surface area contributed by atoms with E-state index in [1.165, 1.54) is 78.3 Å². The first-order valence-corrected chi connectivity index (χ1v) is 17.0. The van der Waals surface area contributed by atoms with Gasteiger partial charge in [0.15, 0.2) is 0 Å². The lowest BCUT2D eigenvalue weighted by molar-refractivity contribution is 0.173. The highest BCUT2D eigenvalue weighted by Crippen LogP contribution is 2.40. The Balaban J connectivity index is 1.61. The zero-order chi connectivity index (χ0) is 30.3. The molecule has 1 nitrogen and oxygen atoms in total. The molecule has 3 aromatic rings. The average molecular weight is 571 g/mol. The number of rotatable bonds is 13. The topological polar surface area (TPSA) is 9.23 Å². The molecule has 0 bridgehead atoms. The molecule has 1 aliphatic carbocycles. The van der Waals surface area contributed by atoms with Crippen LogP contribution >= 0.6 is 0 Å². The maximum atomic E-state index is 15.5. The molecular formula is C40H55FO. The molecule has 0 radical (unpaired) electrons. The third kappa shape index (κ3) is 7.12. The molecule has 0 unspecified atom stereocenters. The smallest absolute Gasteiger partial charge is 0.131 e. The third-order valence-electron chi connectivity index (χ3n) is 10.8. The van der Waals surface area contributed by atoms with E-state index in [9.17, 15) is 0 Å². The molecule has 0 amide bonds. The predicted octanol–water partition coefficient (Wildman–Crippen LogP) is 12.1. The normalized spacial score (nSPS) is 17.4. The molecule has 1 saturated carbocycles. The average Bonchev–Trinajstić information content (AvgIpc) is 3.03. The fourth-order valence-electron chi connectivity index (χ4n) is 7.21. The molecule has 0 aliphatic heterocycles. The number of halogens is 1. The molecule has 0 N–H and O–H groups in total. The van der Waals surface area contributed by atoms with Gasteiger partial charge >= 0.3 is 0 Å². The Bertz CT molecular complexity index is 1300. The van der Waals surface area contributed by atoms with Crippen LogP contribution in [0.15, 0.2) is 48.5 Å². The quantitative estimate of drug-likeness (QED) is 0.199. The zero-order valence-corrected chi connectivity index (χ0v) is 27.5. The standard InChI is InChI=1S/C40H55FO/c1-8-29-24-34(36-21-18-33(26-38(36)41)32-16-14-28(7)15-17-32)19-20-35(29)37-25-31(10-3)39(27-30(37)9-2)42-23-22-40(11-4,12-5)13-6/h18-21,24-28,32H,8-17,22-23H2,1-7H3. The van der Waals surface area contributed by atoms with Gasteiger partial charge in [0.05, 0.1) is 6.61 Å². The first-order valence-electron chi connectivity index (χ1n) is 17.0. The van der Waals surface area contributed by atoms with Crippen molar-refractivity contribution >= 4 is 0 Å². The first kappa shape index (κ1) is 32.3. The molecule has 3 aromatic carbocycles. The summed E-state index contributed by atoms with van der Waals surface area (Å²) in [7, 11) is 0. The van der Waals surface area contributed by atoms with Crippen LogP contribution in [0.2, 0.25) is 0 Å². The lowest BCUT2D eigenvalue weighted by Crippen LogP contribution is -2.21. The van der Waals surface area contributed by atoms with Crippen molar-refractivity contribution in [2.45, 2.75) is 125 Å². The maximum absolute atomic E-state index is 15.5. The second kappa shape index (κ2) is 14.7. The van der Waals surface area contributed by atoms with Crippen LogP contribution in [0.3, 0.4) is 0 Å². The lowest BCUT2D eigenvalue weighted by Gasteiger charge is -2.30. The summed E-state index contributed by atoms with van der Waals surface area (Å²) in [5.41, 5.74) is 9.62. The van der Waals surface area contributed by atoms with E-state index < -0.39 is 0 Å². The highest BCUT2D eigenvalue weighted by Gasteiger charge is 2.24. The molecule has 0 aromatic heterocycles. The maximum Gasteiger partial charge on any atom is 0.131 e. The summed E-state index contributed by atoms with van der Waals surface area (Å²) in [5.74, 6) is 2.25. The Morgan fingerprint density at radius 3 is 1.90 bits per heavy atom. The van der Waals surface area contributed by atoms with Crippen molar-refractivity contribution in [3.63, 3.8) is 0 Å². The second-order valence-electron chi connectivity index (χ2n) is 12.9. The molecule has 0 atom stereocenters. The summed E-state index contributed by atoms with van der Waals surface area (Å²) in [4.78, 5) is 0. The summed E-state index contributed by atoms with van der Waals surface area (Å²) >= 11 is 0. The van der Waals surface area contributed by atoms with E-state index in [1.807, 2.05) is 12.1 Å². The van der Waals surface area contributed by atoms with Gasteiger partial charge in [-0.05, 0) is 113 Å². The van der Waals surface area contributed by atoms with Gasteiger partial charge in [-0.25, -0.2) is 4.39 Å². The van der Waals surface area contributed by atoms with E-state index in [1.54, 1.807) is 0 Å². The van der Waals surface area contributed by atoms with Crippen molar-refractivity contribution in [2.75, 3.05) is 6.61 Å². The fraction of sp³-hybridized carbons (Fsp3) is 0.550. The van der Waals surface area contributed by atoms with Gasteiger partial charge in [-0.1, -0.05) is 111 Å². The van der Waals surface area contributed by atoms with Crippen LogP contribution in [0.25, 0.3) is 22.3 Å². The van der Waals surface area contributed by atoms with Crippen LogP contribution in [-0.4, -0.2) is 6.61 Å². The number of hydrogen-bond donors (Lipinski definition) is 0. The van der Waals surface area contributed by atoms with Gasteiger partial charge < -0.3 is 4.74 Å². The number of benzene rings is 3. The lowest BCUT2D eigenvalue weighted by atomic mass is 9.77. The van der Waals surface area contributed by atoms with E-state index in [0.717, 1.165) is 49.5 Å². The van der Waals surface area contributed by atoms with Gasteiger partial charge in [0, 0.05) is 5.56 Å². The summed E-state index contributed by atoms with van der Waals surface area (Å²) in [6, 6.07) is 17.2. The van der Waals surface area contributed by atoms with Crippen LogP contribution in [0.4, 0.5) is 4.39 Å². The molecule has 42 heavy (non-hydrogen) atoms. The minimum Gasteiger partial charge on any atom is -0.493 e. The van der Waals surface area contributed by atoms with Crippen LogP contribution in [-0.2, 0) is 19.3 Å². The molecule has 0 heterocycles. The number of ether oxygens (including phenoxy) is 1. The third-order valence-corrected chi connectivity index (χ3v) is 10.8. The van der Waals surface area contributed by atoms with E-state index in [-0.39, 0.29) is 5.82 Å². The Kier molecular flexibility index (Phi) is 11.3. The van der Waals surface area contributed by atoms with Gasteiger partial charge in [0.25, 0.3) is 0 Å². The molecular weight excluding hydrogens is 515 g/mol. The first-order chi connectivity index (χ1) is 20.3. The van der Waals surface area contributed by atoms with Crippen molar-refractivity contribution in [3.8, 4) is 28.0 Å².